The normalized spacial score (nSPS) is 10.4. The summed E-state index contributed by atoms with van der Waals surface area (Å²) in [7, 11) is 0. The number of benzene rings is 2. The predicted molar refractivity (Wildman–Crippen MR) is 79.0 cm³/mol. The van der Waals surface area contributed by atoms with E-state index in [1.807, 2.05) is 12.1 Å². The molecule has 2 aromatic carbocycles. The maximum atomic E-state index is 13.4. The molecule has 0 bridgehead atoms. The third-order valence-corrected chi connectivity index (χ3v) is 3.09. The summed E-state index contributed by atoms with van der Waals surface area (Å²) in [5.41, 5.74) is 0.822. The summed E-state index contributed by atoms with van der Waals surface area (Å²) in [6, 6.07) is 13.3. The summed E-state index contributed by atoms with van der Waals surface area (Å²) in [4.78, 5) is 8.36. The zero-order valence-electron chi connectivity index (χ0n) is 10.8. The Labute approximate surface area is 126 Å². The molecule has 0 fully saturated rings. The van der Waals surface area contributed by atoms with Crippen LogP contribution in [0.4, 0.5) is 4.39 Å². The van der Waals surface area contributed by atoms with Crippen molar-refractivity contribution in [2.45, 2.75) is 0 Å². The fourth-order valence-corrected chi connectivity index (χ4v) is 1.94. The molecule has 3 rings (SSSR count). The van der Waals surface area contributed by atoms with Crippen LogP contribution >= 0.6 is 11.6 Å². The third-order valence-electron chi connectivity index (χ3n) is 2.78. The van der Waals surface area contributed by atoms with Gasteiger partial charge >= 0.3 is 0 Å². The molecular weight excluding hydrogens is 291 g/mol. The summed E-state index contributed by atoms with van der Waals surface area (Å²) in [6.45, 7) is 0. The summed E-state index contributed by atoms with van der Waals surface area (Å²) < 4.78 is 19.0. The van der Waals surface area contributed by atoms with Gasteiger partial charge in [0.2, 0.25) is 0 Å². The topological polar surface area (TPSA) is 35.0 Å². The average Bonchev–Trinajstić information content (AvgIpc) is 2.52. The van der Waals surface area contributed by atoms with Crippen LogP contribution in [0.25, 0.3) is 11.4 Å². The number of halogens is 2. The van der Waals surface area contributed by atoms with Gasteiger partial charge in [-0.15, -0.1) is 0 Å². The molecule has 0 saturated heterocycles. The molecule has 0 aliphatic rings. The Morgan fingerprint density at radius 3 is 2.43 bits per heavy atom. The van der Waals surface area contributed by atoms with E-state index in [9.17, 15) is 4.39 Å². The maximum Gasteiger partial charge on any atom is 0.159 e. The molecule has 0 aliphatic carbocycles. The fourth-order valence-electron chi connectivity index (χ4n) is 1.82. The smallest absolute Gasteiger partial charge is 0.159 e. The lowest BCUT2D eigenvalue weighted by molar-refractivity contribution is 0.477. The minimum atomic E-state index is -0.517. The lowest BCUT2D eigenvalue weighted by atomic mass is 10.2. The lowest BCUT2D eigenvalue weighted by Crippen LogP contribution is -1.89. The van der Waals surface area contributed by atoms with Gasteiger partial charge in [0.25, 0.3) is 0 Å². The predicted octanol–water partition coefficient (Wildman–Crippen LogP) is 4.73. The Bertz CT molecular complexity index is 765. The fraction of sp³-hybridized carbons (Fsp3) is 0. The van der Waals surface area contributed by atoms with Crippen molar-refractivity contribution >= 4 is 11.6 Å². The first-order chi connectivity index (χ1) is 10.2. The van der Waals surface area contributed by atoms with E-state index in [4.69, 9.17) is 16.3 Å². The van der Waals surface area contributed by atoms with Crippen LogP contribution in [-0.2, 0) is 0 Å². The lowest BCUT2D eigenvalue weighted by Gasteiger charge is -2.07. The summed E-state index contributed by atoms with van der Waals surface area (Å²) in [5.74, 6) is 1.03. The van der Waals surface area contributed by atoms with E-state index in [2.05, 4.69) is 9.97 Å². The molecule has 0 amide bonds. The van der Waals surface area contributed by atoms with Crippen molar-refractivity contribution in [3.8, 4) is 22.9 Å². The second kappa shape index (κ2) is 5.89. The SMILES string of the molecule is Fc1cc(Oc2cccc(-c3ncccn3)c2)ccc1Cl. The van der Waals surface area contributed by atoms with Crippen LogP contribution in [0.2, 0.25) is 5.02 Å². The molecule has 1 heterocycles. The van der Waals surface area contributed by atoms with E-state index >= 15 is 0 Å². The Morgan fingerprint density at radius 2 is 1.67 bits per heavy atom. The summed E-state index contributed by atoms with van der Waals surface area (Å²) >= 11 is 5.64. The first-order valence-corrected chi connectivity index (χ1v) is 6.60. The quantitative estimate of drug-likeness (QED) is 0.701. The number of aromatic nitrogens is 2. The zero-order chi connectivity index (χ0) is 14.7. The van der Waals surface area contributed by atoms with Crippen LogP contribution in [-0.4, -0.2) is 9.97 Å². The van der Waals surface area contributed by atoms with Crippen molar-refractivity contribution in [3.63, 3.8) is 0 Å². The van der Waals surface area contributed by atoms with Gasteiger partial charge in [0, 0.05) is 24.0 Å². The molecule has 3 nitrogen and oxygen atoms in total. The molecule has 0 spiro atoms. The first-order valence-electron chi connectivity index (χ1n) is 6.23. The van der Waals surface area contributed by atoms with Crippen LogP contribution in [0.5, 0.6) is 11.5 Å². The van der Waals surface area contributed by atoms with E-state index in [1.165, 1.54) is 12.1 Å². The highest BCUT2D eigenvalue weighted by atomic mass is 35.5. The number of hydrogen-bond donors (Lipinski definition) is 0. The highest BCUT2D eigenvalue weighted by Crippen LogP contribution is 2.27. The number of rotatable bonds is 3. The van der Waals surface area contributed by atoms with E-state index in [0.29, 0.717) is 17.3 Å². The summed E-state index contributed by atoms with van der Waals surface area (Å²) in [6.07, 6.45) is 3.34. The van der Waals surface area contributed by atoms with E-state index < -0.39 is 5.82 Å². The summed E-state index contributed by atoms with van der Waals surface area (Å²) in [5, 5.41) is 0.0637. The molecule has 104 valence electrons. The van der Waals surface area contributed by atoms with Crippen molar-refractivity contribution in [2.75, 3.05) is 0 Å². The van der Waals surface area contributed by atoms with Gasteiger partial charge in [-0.25, -0.2) is 14.4 Å². The number of hydrogen-bond acceptors (Lipinski definition) is 3. The van der Waals surface area contributed by atoms with Crippen LogP contribution in [0, 0.1) is 5.82 Å². The van der Waals surface area contributed by atoms with Gasteiger partial charge in [-0.2, -0.15) is 0 Å². The van der Waals surface area contributed by atoms with Crippen molar-refractivity contribution in [2.24, 2.45) is 0 Å². The molecular formula is C16H10ClFN2O. The monoisotopic (exact) mass is 300 g/mol. The van der Waals surface area contributed by atoms with Gasteiger partial charge in [0.15, 0.2) is 5.82 Å². The third kappa shape index (κ3) is 3.17. The standard InChI is InChI=1S/C16H10ClFN2O/c17-14-6-5-13(10-15(14)18)21-12-4-1-3-11(9-12)16-19-7-2-8-20-16/h1-10H. The Morgan fingerprint density at radius 1 is 0.905 bits per heavy atom. The van der Waals surface area contributed by atoms with Crippen LogP contribution in [0.3, 0.4) is 0 Å². The van der Waals surface area contributed by atoms with Gasteiger partial charge in [-0.1, -0.05) is 23.7 Å². The molecule has 5 heteroatoms. The second-order valence-electron chi connectivity index (χ2n) is 4.28. The van der Waals surface area contributed by atoms with Crippen LogP contribution in [0.1, 0.15) is 0 Å². The first kappa shape index (κ1) is 13.5. The molecule has 1 aromatic heterocycles. The van der Waals surface area contributed by atoms with Gasteiger partial charge in [0.1, 0.15) is 17.3 Å². The maximum absolute atomic E-state index is 13.4. The van der Waals surface area contributed by atoms with Gasteiger partial charge in [0.05, 0.1) is 5.02 Å². The molecule has 0 aliphatic heterocycles. The zero-order valence-corrected chi connectivity index (χ0v) is 11.6. The van der Waals surface area contributed by atoms with Gasteiger partial charge in [-0.05, 0) is 30.3 Å². The molecule has 0 atom stereocenters. The van der Waals surface area contributed by atoms with Gasteiger partial charge < -0.3 is 4.74 Å². The van der Waals surface area contributed by atoms with Crippen LogP contribution < -0.4 is 4.74 Å². The van der Waals surface area contributed by atoms with Crippen molar-refractivity contribution in [1.29, 1.82) is 0 Å². The molecule has 3 aromatic rings. The van der Waals surface area contributed by atoms with E-state index in [1.54, 1.807) is 36.7 Å². The number of ether oxygens (including phenoxy) is 1. The Balaban J connectivity index is 1.88. The van der Waals surface area contributed by atoms with Gasteiger partial charge in [-0.3, -0.25) is 0 Å². The van der Waals surface area contributed by atoms with Crippen molar-refractivity contribution < 1.29 is 9.13 Å². The minimum absolute atomic E-state index is 0.0637. The molecule has 0 N–H and O–H groups in total. The highest BCUT2D eigenvalue weighted by Gasteiger charge is 2.05. The van der Waals surface area contributed by atoms with Crippen LogP contribution in [0.15, 0.2) is 60.9 Å². The number of nitrogens with zero attached hydrogens (tertiary/aromatic N) is 2. The second-order valence-corrected chi connectivity index (χ2v) is 4.69. The Kier molecular flexibility index (Phi) is 3.79. The van der Waals surface area contributed by atoms with E-state index in [-0.39, 0.29) is 5.02 Å². The molecule has 0 radical (unpaired) electrons. The van der Waals surface area contributed by atoms with Crippen molar-refractivity contribution in [1.82, 2.24) is 9.97 Å². The Hall–Kier alpha value is -2.46. The largest absolute Gasteiger partial charge is 0.457 e. The highest BCUT2D eigenvalue weighted by molar-refractivity contribution is 6.30. The molecule has 0 saturated carbocycles. The molecule has 21 heavy (non-hydrogen) atoms. The van der Waals surface area contributed by atoms with Crippen molar-refractivity contribution in [3.05, 3.63) is 71.8 Å². The average molecular weight is 301 g/mol. The minimum Gasteiger partial charge on any atom is -0.457 e. The molecule has 0 unspecified atom stereocenters. The van der Waals surface area contributed by atoms with E-state index in [0.717, 1.165) is 5.56 Å².